The normalized spacial score (nSPS) is 10.4. The van der Waals surface area contributed by atoms with E-state index >= 15 is 0 Å². The van der Waals surface area contributed by atoms with Crippen LogP contribution in [0.3, 0.4) is 0 Å². The topological polar surface area (TPSA) is 38.3 Å². The van der Waals surface area contributed by atoms with Crippen molar-refractivity contribution in [2.45, 2.75) is 39.7 Å². The molecule has 0 saturated heterocycles. The van der Waals surface area contributed by atoms with Gasteiger partial charge in [-0.1, -0.05) is 35.4 Å². The smallest absolute Gasteiger partial charge is 0.378 e. The molecule has 0 atom stereocenters. The number of carbonyl (C=O) groups is 1. The molecule has 0 aromatic heterocycles. The third kappa shape index (κ3) is 7.83. The van der Waals surface area contributed by atoms with Crippen LogP contribution in [0, 0.1) is 13.5 Å². The molecule has 3 nitrogen and oxygen atoms in total. The number of aryl methyl sites for hydroxylation is 1. The Labute approximate surface area is 135 Å². The molecule has 1 aromatic carbocycles. The van der Waals surface area contributed by atoms with Crippen LogP contribution in [0.15, 0.2) is 24.3 Å². The van der Waals surface area contributed by atoms with E-state index in [4.69, 9.17) is 4.74 Å². The summed E-state index contributed by atoms with van der Waals surface area (Å²) in [6, 6.07) is 8.19. The standard InChI is InChI=1S/C14H20NO2.Y/c1-11-5-7-12(8-6-11)9-10-15-13(16)17-14(2,3)4;/h5-8,10H,9H2,1-4H3,(H,15,16);/q-1;. The van der Waals surface area contributed by atoms with Gasteiger partial charge in [0.25, 0.3) is 0 Å². The predicted molar refractivity (Wildman–Crippen MR) is 68.6 cm³/mol. The molecule has 0 saturated carbocycles. The van der Waals surface area contributed by atoms with Gasteiger partial charge in [-0.15, -0.1) is 6.42 Å². The molecular weight excluding hydrogens is 303 g/mol. The van der Waals surface area contributed by atoms with Gasteiger partial charge in [0.15, 0.2) is 0 Å². The van der Waals surface area contributed by atoms with Crippen molar-refractivity contribution in [3.63, 3.8) is 0 Å². The molecule has 0 heterocycles. The van der Waals surface area contributed by atoms with E-state index in [1.165, 1.54) is 5.56 Å². The summed E-state index contributed by atoms with van der Waals surface area (Å²) in [5, 5.41) is 2.62. The SMILES string of the molecule is Cc1ccc(C[CH-]NC(=O)OC(C)(C)C)cc1.[Y]. The Morgan fingerprint density at radius 3 is 2.33 bits per heavy atom. The number of hydrogen-bond donors (Lipinski definition) is 1. The summed E-state index contributed by atoms with van der Waals surface area (Å²) >= 11 is 0. The van der Waals surface area contributed by atoms with Crippen LogP contribution in [0.25, 0.3) is 0 Å². The minimum Gasteiger partial charge on any atom is -0.470 e. The Morgan fingerprint density at radius 2 is 1.83 bits per heavy atom. The van der Waals surface area contributed by atoms with Gasteiger partial charge in [0.2, 0.25) is 0 Å². The Balaban J connectivity index is 0.00000289. The second-order valence-corrected chi connectivity index (χ2v) is 5.04. The van der Waals surface area contributed by atoms with Crippen molar-refractivity contribution in [1.82, 2.24) is 5.32 Å². The van der Waals surface area contributed by atoms with Gasteiger partial charge in [-0.25, -0.2) is 11.3 Å². The average molecular weight is 323 g/mol. The molecular formula is C14H20NO2Y-. The minimum absolute atomic E-state index is 0. The molecule has 0 aliphatic rings. The Bertz CT molecular complexity index is 368. The first kappa shape index (κ1) is 17.6. The summed E-state index contributed by atoms with van der Waals surface area (Å²) in [7, 11) is 0. The van der Waals surface area contributed by atoms with Gasteiger partial charge >= 0.3 is 6.09 Å². The number of amides is 1. The molecule has 4 heteroatoms. The maximum atomic E-state index is 11.3. The maximum Gasteiger partial charge on any atom is 0.378 e. The van der Waals surface area contributed by atoms with Crippen molar-refractivity contribution in [3.8, 4) is 0 Å². The fourth-order valence-corrected chi connectivity index (χ4v) is 1.28. The van der Waals surface area contributed by atoms with Crippen molar-refractivity contribution in [2.75, 3.05) is 0 Å². The quantitative estimate of drug-likeness (QED) is 0.868. The van der Waals surface area contributed by atoms with Crippen LogP contribution in [0.4, 0.5) is 4.79 Å². The Kier molecular flexibility index (Phi) is 7.73. The molecule has 1 N–H and O–H groups in total. The second kappa shape index (κ2) is 7.90. The maximum absolute atomic E-state index is 11.3. The van der Waals surface area contributed by atoms with Crippen LogP contribution in [-0.2, 0) is 43.9 Å². The number of nitrogens with one attached hydrogen (secondary N) is 1. The fraction of sp³-hybridized carbons (Fsp3) is 0.429. The molecule has 0 aliphatic carbocycles. The number of alkyl carbamates (subject to hydrolysis) is 1. The number of carbonyl (C=O) groups excluding carboxylic acids is 1. The summed E-state index contributed by atoms with van der Waals surface area (Å²) in [6.07, 6.45) is 0.282. The molecule has 0 aliphatic heterocycles. The van der Waals surface area contributed by atoms with Crippen LogP contribution < -0.4 is 5.32 Å². The molecule has 1 amide bonds. The van der Waals surface area contributed by atoms with Crippen molar-refractivity contribution in [2.24, 2.45) is 0 Å². The zero-order valence-electron chi connectivity index (χ0n) is 11.5. The molecule has 18 heavy (non-hydrogen) atoms. The van der Waals surface area contributed by atoms with Crippen LogP contribution in [0.5, 0.6) is 0 Å². The van der Waals surface area contributed by atoms with Gasteiger partial charge < -0.3 is 10.1 Å². The summed E-state index contributed by atoms with van der Waals surface area (Å²) in [6.45, 7) is 9.27. The average Bonchev–Trinajstić information content (AvgIpc) is 2.18. The summed E-state index contributed by atoms with van der Waals surface area (Å²) < 4.78 is 5.11. The molecule has 1 radical (unpaired) electrons. The Hall–Kier alpha value is -0.406. The first-order valence-corrected chi connectivity index (χ1v) is 5.73. The number of rotatable bonds is 3. The molecule has 97 valence electrons. The first-order valence-electron chi connectivity index (χ1n) is 5.73. The van der Waals surface area contributed by atoms with Gasteiger partial charge in [-0.2, -0.15) is 0 Å². The monoisotopic (exact) mass is 323 g/mol. The third-order valence-corrected chi connectivity index (χ3v) is 2.08. The van der Waals surface area contributed by atoms with Crippen molar-refractivity contribution in [3.05, 3.63) is 41.9 Å². The van der Waals surface area contributed by atoms with Crippen molar-refractivity contribution < 1.29 is 42.2 Å². The fourth-order valence-electron chi connectivity index (χ4n) is 1.28. The van der Waals surface area contributed by atoms with Gasteiger partial charge in [0.05, 0.1) is 0 Å². The summed E-state index contributed by atoms with van der Waals surface area (Å²) in [4.78, 5) is 11.3. The summed E-state index contributed by atoms with van der Waals surface area (Å²) in [5.74, 6) is 0. The van der Waals surface area contributed by atoms with E-state index in [0.29, 0.717) is 6.42 Å². The zero-order chi connectivity index (χ0) is 12.9. The minimum atomic E-state index is -0.457. The largest absolute Gasteiger partial charge is 0.470 e. The molecule has 1 rings (SSSR count). The van der Waals surface area contributed by atoms with Crippen LogP contribution >= 0.6 is 0 Å². The van der Waals surface area contributed by atoms with Crippen molar-refractivity contribution >= 4 is 6.09 Å². The molecule has 0 spiro atoms. The van der Waals surface area contributed by atoms with Crippen LogP contribution in [-0.4, -0.2) is 11.7 Å². The van der Waals surface area contributed by atoms with E-state index in [1.54, 1.807) is 6.54 Å². The van der Waals surface area contributed by atoms with E-state index in [2.05, 4.69) is 17.4 Å². The molecule has 0 unspecified atom stereocenters. The van der Waals surface area contributed by atoms with Crippen LogP contribution in [0.1, 0.15) is 31.9 Å². The number of ether oxygens (including phenoxy) is 1. The third-order valence-electron chi connectivity index (χ3n) is 2.08. The van der Waals surface area contributed by atoms with E-state index in [1.807, 2.05) is 39.8 Å². The van der Waals surface area contributed by atoms with Gasteiger partial charge in [-0.3, -0.25) is 0 Å². The van der Waals surface area contributed by atoms with Crippen LogP contribution in [0.2, 0.25) is 0 Å². The Morgan fingerprint density at radius 1 is 1.28 bits per heavy atom. The van der Waals surface area contributed by atoms with Gasteiger partial charge in [-0.05, 0) is 27.7 Å². The molecule has 0 fully saturated rings. The number of hydrogen-bond acceptors (Lipinski definition) is 2. The predicted octanol–water partition coefficient (Wildman–Crippen LogP) is 3.22. The zero-order valence-corrected chi connectivity index (χ0v) is 14.3. The summed E-state index contributed by atoms with van der Waals surface area (Å²) in [5.41, 5.74) is 1.93. The second-order valence-electron chi connectivity index (χ2n) is 5.04. The van der Waals surface area contributed by atoms with Crippen molar-refractivity contribution in [1.29, 1.82) is 0 Å². The molecule has 1 aromatic rings. The van der Waals surface area contributed by atoms with Gasteiger partial charge in [0, 0.05) is 32.7 Å². The molecule has 0 bridgehead atoms. The van der Waals surface area contributed by atoms with E-state index < -0.39 is 11.7 Å². The van der Waals surface area contributed by atoms with E-state index in [0.717, 1.165) is 5.56 Å². The number of benzene rings is 1. The van der Waals surface area contributed by atoms with Gasteiger partial charge in [0.1, 0.15) is 5.60 Å². The first-order chi connectivity index (χ1) is 7.87. The van der Waals surface area contributed by atoms with E-state index in [9.17, 15) is 4.79 Å². The van der Waals surface area contributed by atoms with E-state index in [-0.39, 0.29) is 32.7 Å².